The molecular weight excluding hydrogens is 241 g/mol. The van der Waals surface area contributed by atoms with E-state index in [4.69, 9.17) is 10.5 Å². The summed E-state index contributed by atoms with van der Waals surface area (Å²) in [5.74, 6) is 1.14. The van der Waals surface area contributed by atoms with Crippen molar-refractivity contribution >= 4 is 0 Å². The van der Waals surface area contributed by atoms with E-state index in [1.54, 1.807) is 12.1 Å². The van der Waals surface area contributed by atoms with E-state index in [9.17, 15) is 4.39 Å². The predicted octanol–water partition coefficient (Wildman–Crippen LogP) is 3.82. The first-order valence-electron chi connectivity index (χ1n) is 6.33. The van der Waals surface area contributed by atoms with Crippen LogP contribution < -0.4 is 10.5 Å². The van der Waals surface area contributed by atoms with Crippen LogP contribution in [0.15, 0.2) is 42.5 Å². The lowest BCUT2D eigenvalue weighted by Gasteiger charge is -2.11. The van der Waals surface area contributed by atoms with Crippen LogP contribution in [0.4, 0.5) is 4.39 Å². The number of halogens is 1. The summed E-state index contributed by atoms with van der Waals surface area (Å²) in [5, 5.41) is 0. The molecule has 0 saturated carbocycles. The van der Waals surface area contributed by atoms with Crippen molar-refractivity contribution in [3.05, 3.63) is 59.4 Å². The minimum atomic E-state index is -0.267. The monoisotopic (exact) mass is 259 g/mol. The fourth-order valence-corrected chi connectivity index (χ4v) is 1.95. The third kappa shape index (κ3) is 3.80. The van der Waals surface area contributed by atoms with Gasteiger partial charge in [0.25, 0.3) is 0 Å². The summed E-state index contributed by atoms with van der Waals surface area (Å²) in [6.45, 7) is 3.97. The van der Waals surface area contributed by atoms with E-state index in [0.717, 1.165) is 17.7 Å². The van der Waals surface area contributed by atoms with Gasteiger partial charge in [-0.25, -0.2) is 4.39 Å². The first-order valence-corrected chi connectivity index (χ1v) is 6.33. The maximum absolute atomic E-state index is 12.8. The Morgan fingerprint density at radius 2 is 1.84 bits per heavy atom. The largest absolute Gasteiger partial charge is 0.457 e. The highest BCUT2D eigenvalue weighted by molar-refractivity contribution is 5.39. The van der Waals surface area contributed by atoms with Crippen molar-refractivity contribution in [3.63, 3.8) is 0 Å². The molecule has 0 amide bonds. The van der Waals surface area contributed by atoms with Crippen molar-refractivity contribution in [1.82, 2.24) is 0 Å². The van der Waals surface area contributed by atoms with Crippen LogP contribution in [0.3, 0.4) is 0 Å². The molecule has 1 unspecified atom stereocenters. The third-order valence-electron chi connectivity index (χ3n) is 2.84. The number of hydrogen-bond donors (Lipinski definition) is 1. The number of nitrogens with two attached hydrogens (primary N) is 1. The molecule has 1 atom stereocenters. The maximum atomic E-state index is 12.8. The van der Waals surface area contributed by atoms with Gasteiger partial charge in [-0.15, -0.1) is 0 Å². The van der Waals surface area contributed by atoms with Crippen LogP contribution in [0.5, 0.6) is 11.5 Å². The Bertz CT molecular complexity index is 549. The van der Waals surface area contributed by atoms with Crippen molar-refractivity contribution in [2.75, 3.05) is 0 Å². The zero-order chi connectivity index (χ0) is 13.8. The minimum absolute atomic E-state index is 0.142. The van der Waals surface area contributed by atoms with Gasteiger partial charge in [0.05, 0.1) is 0 Å². The number of aryl methyl sites for hydroxylation is 1. The molecule has 2 aromatic rings. The standard InChI is InChI=1S/C16H18FNO/c1-11-9-13(10-12(2)18)3-8-16(11)19-15-6-4-14(17)5-7-15/h3-9,12H,10,18H2,1-2H3. The van der Waals surface area contributed by atoms with Crippen molar-refractivity contribution < 1.29 is 9.13 Å². The normalized spacial score (nSPS) is 12.2. The average Bonchev–Trinajstić information content (AvgIpc) is 2.34. The summed E-state index contributed by atoms with van der Waals surface area (Å²) >= 11 is 0. The Hall–Kier alpha value is -1.87. The molecule has 3 heteroatoms. The molecule has 0 heterocycles. The van der Waals surface area contributed by atoms with E-state index in [1.807, 2.05) is 26.0 Å². The number of ether oxygens (including phenoxy) is 1. The minimum Gasteiger partial charge on any atom is -0.457 e. The van der Waals surface area contributed by atoms with E-state index < -0.39 is 0 Å². The van der Waals surface area contributed by atoms with Crippen molar-refractivity contribution in [2.24, 2.45) is 5.73 Å². The van der Waals surface area contributed by atoms with E-state index in [2.05, 4.69) is 6.07 Å². The summed E-state index contributed by atoms with van der Waals surface area (Å²) in [7, 11) is 0. The van der Waals surface area contributed by atoms with Crippen LogP contribution in [0.2, 0.25) is 0 Å². The van der Waals surface area contributed by atoms with Gasteiger partial charge in [-0.3, -0.25) is 0 Å². The molecule has 0 aliphatic heterocycles. The lowest BCUT2D eigenvalue weighted by molar-refractivity contribution is 0.476. The Morgan fingerprint density at radius 1 is 1.16 bits per heavy atom. The SMILES string of the molecule is Cc1cc(CC(C)N)ccc1Oc1ccc(F)cc1. The second kappa shape index (κ2) is 5.85. The summed E-state index contributed by atoms with van der Waals surface area (Å²) in [6, 6.07) is 12.1. The lowest BCUT2D eigenvalue weighted by atomic mass is 10.0. The van der Waals surface area contributed by atoms with E-state index in [1.165, 1.54) is 17.7 Å². The summed E-state index contributed by atoms with van der Waals surface area (Å²) < 4.78 is 18.5. The van der Waals surface area contributed by atoms with E-state index >= 15 is 0 Å². The fourth-order valence-electron chi connectivity index (χ4n) is 1.95. The van der Waals surface area contributed by atoms with Crippen molar-refractivity contribution in [3.8, 4) is 11.5 Å². The van der Waals surface area contributed by atoms with Gasteiger partial charge >= 0.3 is 0 Å². The molecule has 0 aliphatic rings. The highest BCUT2D eigenvalue weighted by Gasteiger charge is 2.04. The average molecular weight is 259 g/mol. The van der Waals surface area contributed by atoms with Gasteiger partial charge in [0, 0.05) is 6.04 Å². The zero-order valence-corrected chi connectivity index (χ0v) is 11.2. The van der Waals surface area contributed by atoms with E-state index in [-0.39, 0.29) is 11.9 Å². The van der Waals surface area contributed by atoms with Gasteiger partial charge in [-0.1, -0.05) is 12.1 Å². The molecule has 0 spiro atoms. The molecule has 0 radical (unpaired) electrons. The van der Waals surface area contributed by atoms with Crippen molar-refractivity contribution in [1.29, 1.82) is 0 Å². The van der Waals surface area contributed by atoms with Gasteiger partial charge < -0.3 is 10.5 Å². The van der Waals surface area contributed by atoms with Gasteiger partial charge in [0.2, 0.25) is 0 Å². The second-order valence-corrected chi connectivity index (χ2v) is 4.84. The lowest BCUT2D eigenvalue weighted by Crippen LogP contribution is -2.17. The highest BCUT2D eigenvalue weighted by atomic mass is 19.1. The molecule has 2 aromatic carbocycles. The second-order valence-electron chi connectivity index (χ2n) is 4.84. The molecule has 2 N–H and O–H groups in total. The molecule has 2 nitrogen and oxygen atoms in total. The van der Waals surface area contributed by atoms with Crippen molar-refractivity contribution in [2.45, 2.75) is 26.3 Å². The molecule has 2 rings (SSSR count). The smallest absolute Gasteiger partial charge is 0.130 e. The summed E-state index contributed by atoms with van der Waals surface area (Å²) in [4.78, 5) is 0. The maximum Gasteiger partial charge on any atom is 0.130 e. The molecule has 0 aliphatic carbocycles. The van der Waals surface area contributed by atoms with Crippen LogP contribution in [0.1, 0.15) is 18.1 Å². The van der Waals surface area contributed by atoms with Gasteiger partial charge in [0.1, 0.15) is 17.3 Å². The van der Waals surface area contributed by atoms with E-state index in [0.29, 0.717) is 5.75 Å². The number of hydrogen-bond acceptors (Lipinski definition) is 2. The molecule has 19 heavy (non-hydrogen) atoms. The van der Waals surface area contributed by atoms with Crippen LogP contribution in [0.25, 0.3) is 0 Å². The molecule has 0 saturated heterocycles. The Kier molecular flexibility index (Phi) is 4.17. The predicted molar refractivity (Wildman–Crippen MR) is 75.0 cm³/mol. The topological polar surface area (TPSA) is 35.2 Å². The molecule has 0 bridgehead atoms. The first-order chi connectivity index (χ1) is 9.04. The Balaban J connectivity index is 2.15. The molecular formula is C16H18FNO. The molecule has 0 fully saturated rings. The fraction of sp³-hybridized carbons (Fsp3) is 0.250. The molecule has 0 aromatic heterocycles. The van der Waals surface area contributed by atoms with Gasteiger partial charge in [-0.05, 0) is 61.7 Å². The highest BCUT2D eigenvalue weighted by Crippen LogP contribution is 2.26. The first kappa shape index (κ1) is 13.6. The van der Waals surface area contributed by atoms with Crippen LogP contribution in [-0.4, -0.2) is 6.04 Å². The zero-order valence-electron chi connectivity index (χ0n) is 11.2. The third-order valence-corrected chi connectivity index (χ3v) is 2.84. The van der Waals surface area contributed by atoms with Crippen LogP contribution >= 0.6 is 0 Å². The Labute approximate surface area is 113 Å². The summed E-state index contributed by atoms with van der Waals surface area (Å²) in [6.07, 6.45) is 0.845. The van der Waals surface area contributed by atoms with Crippen LogP contribution in [0, 0.1) is 12.7 Å². The number of rotatable bonds is 4. The Morgan fingerprint density at radius 3 is 2.42 bits per heavy atom. The number of benzene rings is 2. The quantitative estimate of drug-likeness (QED) is 0.906. The van der Waals surface area contributed by atoms with Crippen LogP contribution in [-0.2, 0) is 6.42 Å². The molecule has 100 valence electrons. The summed E-state index contributed by atoms with van der Waals surface area (Å²) in [5.41, 5.74) is 8.02. The van der Waals surface area contributed by atoms with Gasteiger partial charge in [0.15, 0.2) is 0 Å². The van der Waals surface area contributed by atoms with Gasteiger partial charge in [-0.2, -0.15) is 0 Å².